The monoisotopic (exact) mass is 232 g/mol. The molecule has 0 aromatic heterocycles. The molecule has 0 spiro atoms. The molecule has 1 saturated heterocycles. The summed E-state index contributed by atoms with van der Waals surface area (Å²) in [5.74, 6) is -1.82. The first kappa shape index (κ1) is 8.51. The second-order valence-corrected chi connectivity index (χ2v) is 3.24. The van der Waals surface area contributed by atoms with Gasteiger partial charge in [0.2, 0.25) is 17.7 Å². The van der Waals surface area contributed by atoms with Crippen molar-refractivity contribution in [3.8, 4) is 0 Å². The lowest BCUT2D eigenvalue weighted by Crippen LogP contribution is -2.45. The Kier molecular flexibility index (Phi) is 2.90. The molecule has 0 aliphatic carbocycles. The van der Waals surface area contributed by atoms with Gasteiger partial charge in [-0.25, -0.2) is 5.06 Å². The van der Waals surface area contributed by atoms with Crippen molar-refractivity contribution < 1.29 is 23.3 Å². The van der Waals surface area contributed by atoms with Crippen LogP contribution in [0.25, 0.3) is 0 Å². The van der Waals surface area contributed by atoms with Crippen LogP contribution in [0, 0.1) is 0 Å². The van der Waals surface area contributed by atoms with Gasteiger partial charge >= 0.3 is 0 Å². The molecule has 2 N–H and O–H groups in total. The van der Waals surface area contributed by atoms with Crippen LogP contribution in [0.15, 0.2) is 0 Å². The number of rotatable bonds is 3. The summed E-state index contributed by atoms with van der Waals surface area (Å²) in [6.07, 6.45) is -0.368. The first-order valence-electron chi connectivity index (χ1n) is 6.20. The SMILES string of the molecule is [2H]C([2H])([2H])N(OC)C(=O)C[C@@H]1NC(=O)CCNC1=O. The first-order valence-corrected chi connectivity index (χ1v) is 4.70. The molecule has 0 bridgehead atoms. The molecule has 7 heteroatoms. The summed E-state index contributed by atoms with van der Waals surface area (Å²) < 4.78 is 21.3. The van der Waals surface area contributed by atoms with Crippen molar-refractivity contribution in [2.45, 2.75) is 18.9 Å². The van der Waals surface area contributed by atoms with E-state index in [0.29, 0.717) is 0 Å². The van der Waals surface area contributed by atoms with E-state index >= 15 is 0 Å². The molecule has 1 heterocycles. The number of hydrogen-bond donors (Lipinski definition) is 2. The van der Waals surface area contributed by atoms with Gasteiger partial charge in [-0.1, -0.05) is 0 Å². The van der Waals surface area contributed by atoms with Gasteiger partial charge in [-0.2, -0.15) is 0 Å². The molecule has 1 aliphatic heterocycles. The third-order valence-electron chi connectivity index (χ3n) is 2.09. The maximum Gasteiger partial charge on any atom is 0.248 e. The first-order chi connectivity index (χ1) is 8.75. The van der Waals surface area contributed by atoms with Crippen LogP contribution in [0.1, 0.15) is 17.0 Å². The molecule has 1 aliphatic rings. The van der Waals surface area contributed by atoms with Crippen LogP contribution in [0.3, 0.4) is 0 Å². The van der Waals surface area contributed by atoms with Crippen molar-refractivity contribution in [1.29, 1.82) is 0 Å². The minimum atomic E-state index is -2.77. The fraction of sp³-hybridized carbons (Fsp3) is 0.667. The summed E-state index contributed by atoms with van der Waals surface area (Å²) in [6, 6.07) is -1.09. The summed E-state index contributed by atoms with van der Waals surface area (Å²) in [5, 5.41) is 5.01. The molecule has 0 aromatic carbocycles. The highest BCUT2D eigenvalue weighted by Gasteiger charge is 2.27. The number of carbonyl (C=O) groups is 3. The Hall–Kier alpha value is -1.63. The lowest BCUT2D eigenvalue weighted by atomic mass is 10.2. The Labute approximate surface area is 97.3 Å². The molecule has 1 fully saturated rings. The van der Waals surface area contributed by atoms with Crippen molar-refractivity contribution in [1.82, 2.24) is 15.7 Å². The van der Waals surface area contributed by atoms with Crippen LogP contribution in [0.5, 0.6) is 0 Å². The van der Waals surface area contributed by atoms with Crippen LogP contribution in [-0.4, -0.2) is 49.5 Å². The van der Waals surface area contributed by atoms with Crippen molar-refractivity contribution in [3.05, 3.63) is 0 Å². The summed E-state index contributed by atoms with van der Waals surface area (Å²) >= 11 is 0. The highest BCUT2D eigenvalue weighted by atomic mass is 16.7. The minimum absolute atomic E-state index is 0.115. The molecule has 3 amide bonds. The van der Waals surface area contributed by atoms with E-state index in [-0.39, 0.29) is 23.9 Å². The lowest BCUT2D eigenvalue weighted by Gasteiger charge is -2.18. The fourth-order valence-corrected chi connectivity index (χ4v) is 1.26. The van der Waals surface area contributed by atoms with Crippen molar-refractivity contribution >= 4 is 17.7 Å². The number of hydrogen-bond acceptors (Lipinski definition) is 4. The largest absolute Gasteiger partial charge is 0.354 e. The van der Waals surface area contributed by atoms with E-state index in [0.717, 1.165) is 7.11 Å². The van der Waals surface area contributed by atoms with Crippen LogP contribution >= 0.6 is 0 Å². The predicted molar refractivity (Wildman–Crippen MR) is 54.0 cm³/mol. The molecule has 0 unspecified atom stereocenters. The minimum Gasteiger partial charge on any atom is -0.354 e. The summed E-state index contributed by atoms with van der Waals surface area (Å²) in [7, 11) is 1.04. The van der Waals surface area contributed by atoms with Gasteiger partial charge in [-0.05, 0) is 0 Å². The van der Waals surface area contributed by atoms with E-state index in [9.17, 15) is 14.4 Å². The Morgan fingerprint density at radius 2 is 2.44 bits per heavy atom. The topological polar surface area (TPSA) is 87.7 Å². The normalized spacial score (nSPS) is 24.3. The van der Waals surface area contributed by atoms with Gasteiger partial charge in [0.1, 0.15) is 6.04 Å². The number of hydroxylamine groups is 2. The van der Waals surface area contributed by atoms with Gasteiger partial charge in [-0.15, -0.1) is 0 Å². The van der Waals surface area contributed by atoms with Gasteiger partial charge < -0.3 is 10.6 Å². The number of amides is 3. The quantitative estimate of drug-likeness (QED) is 0.574. The fourth-order valence-electron chi connectivity index (χ4n) is 1.26. The second kappa shape index (κ2) is 5.45. The molecular weight excluding hydrogens is 214 g/mol. The van der Waals surface area contributed by atoms with Crippen molar-refractivity contribution in [3.63, 3.8) is 0 Å². The van der Waals surface area contributed by atoms with Crippen molar-refractivity contribution in [2.75, 3.05) is 20.6 Å². The molecule has 90 valence electrons. The number of nitrogens with zero attached hydrogens (tertiary/aromatic N) is 1. The summed E-state index contributed by atoms with van der Waals surface area (Å²) in [6.45, 7) is -2.58. The van der Waals surface area contributed by atoms with E-state index < -0.39 is 31.3 Å². The lowest BCUT2D eigenvalue weighted by molar-refractivity contribution is -0.169. The Balaban J connectivity index is 2.73. The Bertz CT molecular complexity index is 385. The Morgan fingerprint density at radius 3 is 3.06 bits per heavy atom. The van der Waals surface area contributed by atoms with Gasteiger partial charge in [0.15, 0.2) is 0 Å². The molecule has 16 heavy (non-hydrogen) atoms. The number of carbonyl (C=O) groups excluding carboxylic acids is 3. The van der Waals surface area contributed by atoms with Crippen LogP contribution in [0.2, 0.25) is 0 Å². The molecule has 0 aromatic rings. The van der Waals surface area contributed by atoms with Gasteiger partial charge in [-0.3, -0.25) is 19.2 Å². The van der Waals surface area contributed by atoms with Crippen LogP contribution in [0.4, 0.5) is 0 Å². The summed E-state index contributed by atoms with van der Waals surface area (Å²) in [4.78, 5) is 39.1. The van der Waals surface area contributed by atoms with Crippen LogP contribution in [-0.2, 0) is 19.2 Å². The smallest absolute Gasteiger partial charge is 0.248 e. The molecular formula is C9H15N3O4. The highest BCUT2D eigenvalue weighted by molar-refractivity contribution is 5.93. The Morgan fingerprint density at radius 1 is 1.69 bits per heavy atom. The predicted octanol–water partition coefficient (Wildman–Crippen LogP) is -1.60. The van der Waals surface area contributed by atoms with E-state index in [2.05, 4.69) is 15.5 Å². The maximum absolute atomic E-state index is 11.8. The zero-order valence-corrected chi connectivity index (χ0v) is 8.78. The standard InChI is InChI=1S/C9H15N3O4/c1-12(16-2)8(14)5-6-9(15)10-4-3-7(13)11-6/h6H,3-5H2,1-2H3,(H,10,15)(H,11,13)/t6-/m0/s1/i1D3. The molecule has 0 saturated carbocycles. The zero-order chi connectivity index (χ0) is 14.6. The third-order valence-corrected chi connectivity index (χ3v) is 2.09. The zero-order valence-electron chi connectivity index (χ0n) is 11.8. The van der Waals surface area contributed by atoms with Gasteiger partial charge in [0, 0.05) is 24.1 Å². The molecule has 7 nitrogen and oxygen atoms in total. The van der Waals surface area contributed by atoms with Gasteiger partial charge in [0.25, 0.3) is 0 Å². The second-order valence-electron chi connectivity index (χ2n) is 3.24. The molecule has 0 radical (unpaired) electrons. The average Bonchev–Trinajstić information content (AvgIpc) is 2.40. The maximum atomic E-state index is 11.8. The van der Waals surface area contributed by atoms with Gasteiger partial charge in [0.05, 0.1) is 13.5 Å². The molecule has 1 atom stereocenters. The van der Waals surface area contributed by atoms with Crippen molar-refractivity contribution in [2.24, 2.45) is 0 Å². The third kappa shape index (κ3) is 3.20. The van der Waals surface area contributed by atoms with E-state index in [1.54, 1.807) is 0 Å². The highest BCUT2D eigenvalue weighted by Crippen LogP contribution is 2.01. The average molecular weight is 232 g/mol. The molecule has 1 rings (SSSR count). The van der Waals surface area contributed by atoms with E-state index in [4.69, 9.17) is 4.11 Å². The summed E-state index contributed by atoms with van der Waals surface area (Å²) in [5.41, 5.74) is 0. The van der Waals surface area contributed by atoms with Crippen LogP contribution < -0.4 is 10.6 Å². The van der Waals surface area contributed by atoms with E-state index in [1.165, 1.54) is 0 Å². The van der Waals surface area contributed by atoms with E-state index in [1.807, 2.05) is 0 Å². The number of nitrogens with one attached hydrogen (secondary N) is 2.